The van der Waals surface area contributed by atoms with E-state index in [1.807, 2.05) is 18.2 Å². The fraction of sp³-hybridized carbons (Fsp3) is 0. The molecule has 0 radical (unpaired) electrons. The van der Waals surface area contributed by atoms with E-state index in [-0.39, 0.29) is 0 Å². The van der Waals surface area contributed by atoms with Crippen LogP contribution in [-0.4, -0.2) is 0 Å². The van der Waals surface area contributed by atoms with Gasteiger partial charge in [0.15, 0.2) is 0 Å². The summed E-state index contributed by atoms with van der Waals surface area (Å²) in [6.45, 7) is 0. The fourth-order valence-electron chi connectivity index (χ4n) is 2.69. The van der Waals surface area contributed by atoms with E-state index >= 15 is 0 Å². The third kappa shape index (κ3) is 1.55. The minimum Gasteiger partial charge on any atom is -0.464 e. The first-order valence-electron chi connectivity index (χ1n) is 6.38. The molecule has 0 aliphatic rings. The molecule has 90 valence electrons. The molecule has 0 spiro atoms. The average Bonchev–Trinajstić information content (AvgIpc) is 2.95. The van der Waals surface area contributed by atoms with Crippen LogP contribution in [0.4, 0.5) is 0 Å². The molecule has 1 aromatic heterocycles. The van der Waals surface area contributed by atoms with E-state index in [9.17, 15) is 0 Å². The van der Waals surface area contributed by atoms with E-state index in [0.29, 0.717) is 0 Å². The van der Waals surface area contributed by atoms with Gasteiger partial charge in [-0.15, -0.1) is 0 Å². The van der Waals surface area contributed by atoms with Crippen LogP contribution in [0.3, 0.4) is 0 Å². The first-order chi connectivity index (χ1) is 9.43. The molecule has 0 aliphatic carbocycles. The van der Waals surface area contributed by atoms with E-state index in [1.54, 1.807) is 6.26 Å². The van der Waals surface area contributed by atoms with Gasteiger partial charge in [-0.2, -0.15) is 0 Å². The van der Waals surface area contributed by atoms with Gasteiger partial charge < -0.3 is 4.42 Å². The summed E-state index contributed by atoms with van der Waals surface area (Å²) in [4.78, 5) is 0. The van der Waals surface area contributed by atoms with Gasteiger partial charge in [0.25, 0.3) is 0 Å². The van der Waals surface area contributed by atoms with Crippen molar-refractivity contribution in [3.63, 3.8) is 0 Å². The lowest BCUT2D eigenvalue weighted by Gasteiger charge is -2.07. The molecule has 0 amide bonds. The van der Waals surface area contributed by atoms with Crippen molar-refractivity contribution in [2.75, 3.05) is 0 Å². The van der Waals surface area contributed by atoms with Crippen LogP contribution in [-0.2, 0) is 0 Å². The Labute approximate surface area is 111 Å². The molecule has 4 aromatic rings. The standard InChI is InChI=1S/C18H12O/c1-2-7-14-13(5-1)6-3-8-15(14)16-9-4-10-18-17(16)11-12-19-18/h1-12H. The van der Waals surface area contributed by atoms with Crippen molar-refractivity contribution < 1.29 is 4.42 Å². The summed E-state index contributed by atoms with van der Waals surface area (Å²) in [5.41, 5.74) is 3.42. The Morgan fingerprint density at radius 1 is 0.579 bits per heavy atom. The van der Waals surface area contributed by atoms with E-state index in [2.05, 4.69) is 48.5 Å². The molecule has 1 heteroatoms. The van der Waals surface area contributed by atoms with Gasteiger partial charge in [-0.1, -0.05) is 54.6 Å². The maximum absolute atomic E-state index is 5.49. The summed E-state index contributed by atoms with van der Waals surface area (Å²) < 4.78 is 5.49. The van der Waals surface area contributed by atoms with E-state index in [0.717, 1.165) is 5.58 Å². The third-order valence-electron chi connectivity index (χ3n) is 3.58. The normalized spacial score (nSPS) is 11.2. The van der Waals surface area contributed by atoms with Crippen LogP contribution in [0.1, 0.15) is 0 Å². The molecular weight excluding hydrogens is 232 g/mol. The van der Waals surface area contributed by atoms with Crippen LogP contribution < -0.4 is 0 Å². The maximum atomic E-state index is 5.49. The minimum absolute atomic E-state index is 0.936. The molecule has 0 fully saturated rings. The summed E-state index contributed by atoms with van der Waals surface area (Å²) >= 11 is 0. The van der Waals surface area contributed by atoms with Crippen LogP contribution in [0, 0.1) is 0 Å². The fourth-order valence-corrected chi connectivity index (χ4v) is 2.69. The SMILES string of the molecule is c1ccc2c(-c3cccc4occc34)cccc2c1. The lowest BCUT2D eigenvalue weighted by atomic mass is 9.96. The zero-order valence-corrected chi connectivity index (χ0v) is 10.3. The van der Waals surface area contributed by atoms with Crippen molar-refractivity contribution in [2.45, 2.75) is 0 Å². The predicted octanol–water partition coefficient (Wildman–Crippen LogP) is 5.25. The monoisotopic (exact) mass is 244 g/mol. The summed E-state index contributed by atoms with van der Waals surface area (Å²) in [7, 11) is 0. The Balaban J connectivity index is 2.12. The molecular formula is C18H12O. The van der Waals surface area contributed by atoms with Crippen LogP contribution >= 0.6 is 0 Å². The molecule has 4 rings (SSSR count). The van der Waals surface area contributed by atoms with E-state index < -0.39 is 0 Å². The van der Waals surface area contributed by atoms with Gasteiger partial charge in [0.2, 0.25) is 0 Å². The first-order valence-corrected chi connectivity index (χ1v) is 6.38. The number of furan rings is 1. The summed E-state index contributed by atoms with van der Waals surface area (Å²) in [6.07, 6.45) is 1.75. The number of rotatable bonds is 1. The number of hydrogen-bond donors (Lipinski definition) is 0. The van der Waals surface area contributed by atoms with Crippen molar-refractivity contribution in [1.29, 1.82) is 0 Å². The van der Waals surface area contributed by atoms with Gasteiger partial charge in [-0.05, 0) is 34.0 Å². The van der Waals surface area contributed by atoms with Crippen molar-refractivity contribution in [1.82, 2.24) is 0 Å². The van der Waals surface area contributed by atoms with E-state index in [4.69, 9.17) is 4.42 Å². The highest BCUT2D eigenvalue weighted by Gasteiger charge is 2.08. The quantitative estimate of drug-likeness (QED) is 0.445. The van der Waals surface area contributed by atoms with Crippen molar-refractivity contribution in [2.24, 2.45) is 0 Å². The zero-order valence-electron chi connectivity index (χ0n) is 10.3. The number of fused-ring (bicyclic) bond motifs is 2. The smallest absolute Gasteiger partial charge is 0.134 e. The summed E-state index contributed by atoms with van der Waals surface area (Å²) in [6, 6.07) is 23.1. The van der Waals surface area contributed by atoms with Gasteiger partial charge in [0.1, 0.15) is 5.58 Å². The molecule has 0 aliphatic heterocycles. The van der Waals surface area contributed by atoms with Crippen molar-refractivity contribution >= 4 is 21.7 Å². The molecule has 0 bridgehead atoms. The highest BCUT2D eigenvalue weighted by atomic mass is 16.3. The van der Waals surface area contributed by atoms with Gasteiger partial charge in [0, 0.05) is 5.39 Å². The van der Waals surface area contributed by atoms with Crippen LogP contribution in [0.5, 0.6) is 0 Å². The molecule has 19 heavy (non-hydrogen) atoms. The Kier molecular flexibility index (Phi) is 2.18. The molecule has 0 saturated carbocycles. The topological polar surface area (TPSA) is 13.1 Å². The van der Waals surface area contributed by atoms with Crippen molar-refractivity contribution in [3.8, 4) is 11.1 Å². The highest BCUT2D eigenvalue weighted by molar-refractivity contribution is 6.04. The van der Waals surface area contributed by atoms with Gasteiger partial charge in [-0.3, -0.25) is 0 Å². The number of hydrogen-bond acceptors (Lipinski definition) is 1. The predicted molar refractivity (Wildman–Crippen MR) is 79.2 cm³/mol. The molecule has 0 unspecified atom stereocenters. The second kappa shape index (κ2) is 3.99. The highest BCUT2D eigenvalue weighted by Crippen LogP contribution is 2.33. The first kappa shape index (κ1) is 10.4. The Bertz CT molecular complexity index is 866. The molecule has 0 N–H and O–H groups in total. The molecule has 0 atom stereocenters. The lowest BCUT2D eigenvalue weighted by molar-refractivity contribution is 0.616. The van der Waals surface area contributed by atoms with Crippen molar-refractivity contribution in [3.05, 3.63) is 73.0 Å². The minimum atomic E-state index is 0.936. The largest absolute Gasteiger partial charge is 0.464 e. The van der Waals surface area contributed by atoms with Gasteiger partial charge >= 0.3 is 0 Å². The van der Waals surface area contributed by atoms with Crippen LogP contribution in [0.25, 0.3) is 32.9 Å². The second-order valence-electron chi connectivity index (χ2n) is 4.66. The molecule has 1 heterocycles. The molecule has 3 aromatic carbocycles. The van der Waals surface area contributed by atoms with E-state index in [1.165, 1.54) is 27.3 Å². The average molecular weight is 244 g/mol. The molecule has 0 saturated heterocycles. The molecule has 1 nitrogen and oxygen atoms in total. The second-order valence-corrected chi connectivity index (χ2v) is 4.66. The third-order valence-corrected chi connectivity index (χ3v) is 3.58. The van der Waals surface area contributed by atoms with Crippen LogP contribution in [0.15, 0.2) is 77.4 Å². The summed E-state index contributed by atoms with van der Waals surface area (Å²) in [5.74, 6) is 0. The van der Waals surface area contributed by atoms with Crippen LogP contribution in [0.2, 0.25) is 0 Å². The Morgan fingerprint density at radius 3 is 2.26 bits per heavy atom. The Morgan fingerprint density at radius 2 is 1.32 bits per heavy atom. The zero-order chi connectivity index (χ0) is 12.7. The van der Waals surface area contributed by atoms with Gasteiger partial charge in [0.05, 0.1) is 6.26 Å². The maximum Gasteiger partial charge on any atom is 0.134 e. The number of benzene rings is 3. The lowest BCUT2D eigenvalue weighted by Crippen LogP contribution is -1.81. The summed E-state index contributed by atoms with van der Waals surface area (Å²) in [5, 5.41) is 3.71. The Hall–Kier alpha value is -2.54. The van der Waals surface area contributed by atoms with Gasteiger partial charge in [-0.25, -0.2) is 0 Å².